The topological polar surface area (TPSA) is 29.3 Å². The molecule has 0 aromatic heterocycles. The Labute approximate surface area is 105 Å². The van der Waals surface area contributed by atoms with Gasteiger partial charge >= 0.3 is 6.18 Å². The molecule has 1 aliphatic rings. The molecule has 0 amide bonds. The highest BCUT2D eigenvalue weighted by atomic mass is 19.4. The molecule has 1 aliphatic heterocycles. The highest BCUT2D eigenvalue weighted by molar-refractivity contribution is 5.32. The molecule has 0 saturated carbocycles. The van der Waals surface area contributed by atoms with Crippen LogP contribution in [0.1, 0.15) is 23.1 Å². The van der Waals surface area contributed by atoms with E-state index in [1.165, 1.54) is 6.07 Å². The summed E-state index contributed by atoms with van der Waals surface area (Å²) in [7, 11) is 0. The van der Waals surface area contributed by atoms with E-state index in [4.69, 9.17) is 5.73 Å². The van der Waals surface area contributed by atoms with Crippen LogP contribution in [0.25, 0.3) is 0 Å². The van der Waals surface area contributed by atoms with E-state index >= 15 is 0 Å². The average molecular weight is 258 g/mol. The molecule has 2 rings (SSSR count). The monoisotopic (exact) mass is 258 g/mol. The second-order valence-corrected chi connectivity index (χ2v) is 4.92. The molecule has 0 bridgehead atoms. The van der Waals surface area contributed by atoms with E-state index in [9.17, 15) is 13.2 Å². The molecule has 0 spiro atoms. The number of halogens is 3. The van der Waals surface area contributed by atoms with E-state index in [1.807, 2.05) is 0 Å². The summed E-state index contributed by atoms with van der Waals surface area (Å²) in [6.07, 6.45) is -3.31. The maximum atomic E-state index is 12.5. The molecule has 18 heavy (non-hydrogen) atoms. The van der Waals surface area contributed by atoms with E-state index in [0.717, 1.165) is 31.1 Å². The Morgan fingerprint density at radius 3 is 2.61 bits per heavy atom. The van der Waals surface area contributed by atoms with Gasteiger partial charge in [0, 0.05) is 25.7 Å². The van der Waals surface area contributed by atoms with Crippen LogP contribution in [0.15, 0.2) is 18.2 Å². The standard InChI is InChI=1S/C13H17F3N2/c1-9-6-11(13(14,15)16)3-2-10(9)7-18-5-4-12(17)8-18/h2-3,6,12H,4-5,7-8,17H2,1H3/t12-/m0/s1. The molecule has 100 valence electrons. The van der Waals surface area contributed by atoms with Crippen molar-refractivity contribution in [2.24, 2.45) is 5.73 Å². The van der Waals surface area contributed by atoms with Gasteiger partial charge in [0.15, 0.2) is 0 Å². The van der Waals surface area contributed by atoms with E-state index in [0.29, 0.717) is 12.1 Å². The third kappa shape index (κ3) is 3.03. The average Bonchev–Trinajstić information content (AvgIpc) is 2.65. The summed E-state index contributed by atoms with van der Waals surface area (Å²) in [4.78, 5) is 2.18. The van der Waals surface area contributed by atoms with Crippen LogP contribution in [-0.4, -0.2) is 24.0 Å². The van der Waals surface area contributed by atoms with E-state index in [2.05, 4.69) is 4.90 Å². The fraction of sp³-hybridized carbons (Fsp3) is 0.538. The first-order valence-electron chi connectivity index (χ1n) is 6.01. The Morgan fingerprint density at radius 1 is 1.39 bits per heavy atom. The molecule has 1 fully saturated rings. The molecule has 1 aromatic carbocycles. The summed E-state index contributed by atoms with van der Waals surface area (Å²) in [5.74, 6) is 0. The normalized spacial score (nSPS) is 21.5. The van der Waals surface area contributed by atoms with Gasteiger partial charge in [0.05, 0.1) is 5.56 Å². The molecule has 0 aliphatic carbocycles. The van der Waals surface area contributed by atoms with Crippen LogP contribution in [0.5, 0.6) is 0 Å². The molecule has 1 saturated heterocycles. The Morgan fingerprint density at radius 2 is 2.11 bits per heavy atom. The van der Waals surface area contributed by atoms with Crippen LogP contribution < -0.4 is 5.73 Å². The van der Waals surface area contributed by atoms with Crippen LogP contribution in [0.4, 0.5) is 13.2 Å². The molecule has 2 nitrogen and oxygen atoms in total. The van der Waals surface area contributed by atoms with Gasteiger partial charge in [0.2, 0.25) is 0 Å². The number of likely N-dealkylation sites (tertiary alicyclic amines) is 1. The van der Waals surface area contributed by atoms with Crippen LogP contribution in [0.2, 0.25) is 0 Å². The van der Waals surface area contributed by atoms with Gasteiger partial charge in [-0.05, 0) is 36.6 Å². The van der Waals surface area contributed by atoms with Crippen molar-refractivity contribution in [3.63, 3.8) is 0 Å². The molecule has 2 N–H and O–H groups in total. The lowest BCUT2D eigenvalue weighted by atomic mass is 10.0. The van der Waals surface area contributed by atoms with Crippen molar-refractivity contribution < 1.29 is 13.2 Å². The Balaban J connectivity index is 2.10. The Hall–Kier alpha value is -1.07. The van der Waals surface area contributed by atoms with Crippen LogP contribution in [0, 0.1) is 6.92 Å². The van der Waals surface area contributed by atoms with Crippen molar-refractivity contribution in [2.75, 3.05) is 13.1 Å². The summed E-state index contributed by atoms with van der Waals surface area (Å²) in [5.41, 5.74) is 6.85. The molecule has 1 aromatic rings. The van der Waals surface area contributed by atoms with E-state index in [1.54, 1.807) is 13.0 Å². The minimum absolute atomic E-state index is 0.194. The third-order valence-electron chi connectivity index (χ3n) is 3.37. The number of rotatable bonds is 2. The summed E-state index contributed by atoms with van der Waals surface area (Å²) >= 11 is 0. The maximum Gasteiger partial charge on any atom is 0.416 e. The van der Waals surface area contributed by atoms with Crippen molar-refractivity contribution >= 4 is 0 Å². The minimum Gasteiger partial charge on any atom is -0.326 e. The van der Waals surface area contributed by atoms with Crippen molar-refractivity contribution in [1.82, 2.24) is 4.90 Å². The number of hydrogen-bond donors (Lipinski definition) is 1. The zero-order valence-electron chi connectivity index (χ0n) is 10.3. The predicted octanol–water partition coefficient (Wildman–Crippen LogP) is 2.55. The van der Waals surface area contributed by atoms with Crippen LogP contribution >= 0.6 is 0 Å². The second kappa shape index (κ2) is 4.90. The summed E-state index contributed by atoms with van der Waals surface area (Å²) in [6, 6.07) is 4.13. The van der Waals surface area contributed by atoms with Gasteiger partial charge < -0.3 is 5.73 Å². The first-order chi connectivity index (χ1) is 8.36. The molecule has 5 heteroatoms. The van der Waals surface area contributed by atoms with Crippen molar-refractivity contribution in [3.05, 3.63) is 34.9 Å². The third-order valence-corrected chi connectivity index (χ3v) is 3.37. The number of hydrogen-bond acceptors (Lipinski definition) is 2. The molecule has 0 unspecified atom stereocenters. The highest BCUT2D eigenvalue weighted by Crippen LogP contribution is 2.30. The zero-order valence-corrected chi connectivity index (χ0v) is 10.3. The zero-order chi connectivity index (χ0) is 13.3. The van der Waals surface area contributed by atoms with Gasteiger partial charge in [0.25, 0.3) is 0 Å². The molecular formula is C13H17F3N2. The lowest BCUT2D eigenvalue weighted by Crippen LogP contribution is -2.26. The SMILES string of the molecule is Cc1cc(C(F)(F)F)ccc1CN1CC[C@H](N)C1. The molecule has 1 atom stereocenters. The maximum absolute atomic E-state index is 12.5. The predicted molar refractivity (Wildman–Crippen MR) is 64.1 cm³/mol. The van der Waals surface area contributed by atoms with Crippen molar-refractivity contribution in [3.8, 4) is 0 Å². The van der Waals surface area contributed by atoms with Gasteiger partial charge in [-0.15, -0.1) is 0 Å². The first kappa shape index (κ1) is 13.4. The van der Waals surface area contributed by atoms with Gasteiger partial charge in [-0.2, -0.15) is 13.2 Å². The van der Waals surface area contributed by atoms with Crippen LogP contribution in [0.3, 0.4) is 0 Å². The first-order valence-corrected chi connectivity index (χ1v) is 6.01. The van der Waals surface area contributed by atoms with Gasteiger partial charge in [-0.1, -0.05) is 6.07 Å². The Kier molecular flexibility index (Phi) is 3.64. The summed E-state index contributed by atoms with van der Waals surface area (Å²) in [6.45, 7) is 4.14. The highest BCUT2D eigenvalue weighted by Gasteiger charge is 2.30. The molecule has 1 heterocycles. The largest absolute Gasteiger partial charge is 0.416 e. The van der Waals surface area contributed by atoms with Gasteiger partial charge in [-0.25, -0.2) is 0 Å². The number of benzene rings is 1. The molecule has 0 radical (unpaired) electrons. The van der Waals surface area contributed by atoms with Crippen molar-refractivity contribution in [2.45, 2.75) is 32.1 Å². The van der Waals surface area contributed by atoms with Gasteiger partial charge in [-0.3, -0.25) is 4.90 Å². The number of aryl methyl sites for hydroxylation is 1. The van der Waals surface area contributed by atoms with Crippen LogP contribution in [-0.2, 0) is 12.7 Å². The number of nitrogens with zero attached hydrogens (tertiary/aromatic N) is 1. The van der Waals surface area contributed by atoms with Crippen molar-refractivity contribution in [1.29, 1.82) is 0 Å². The summed E-state index contributed by atoms with van der Waals surface area (Å²) in [5, 5.41) is 0. The van der Waals surface area contributed by atoms with E-state index in [-0.39, 0.29) is 6.04 Å². The number of nitrogens with two attached hydrogens (primary N) is 1. The van der Waals surface area contributed by atoms with Gasteiger partial charge in [0.1, 0.15) is 0 Å². The Bertz CT molecular complexity index is 429. The number of alkyl halides is 3. The van der Waals surface area contributed by atoms with E-state index < -0.39 is 11.7 Å². The lowest BCUT2D eigenvalue weighted by molar-refractivity contribution is -0.137. The quantitative estimate of drug-likeness (QED) is 0.883. The minimum atomic E-state index is -4.26. The molecular weight excluding hydrogens is 241 g/mol. The summed E-state index contributed by atoms with van der Waals surface area (Å²) < 4.78 is 37.6. The fourth-order valence-corrected chi connectivity index (χ4v) is 2.30. The second-order valence-electron chi connectivity index (χ2n) is 4.92. The fourth-order valence-electron chi connectivity index (χ4n) is 2.30. The lowest BCUT2D eigenvalue weighted by Gasteiger charge is -2.17. The smallest absolute Gasteiger partial charge is 0.326 e.